The van der Waals surface area contributed by atoms with Crippen LogP contribution in [0.2, 0.25) is 0 Å². The van der Waals surface area contributed by atoms with Crippen molar-refractivity contribution in [2.24, 2.45) is 5.92 Å². The van der Waals surface area contributed by atoms with Crippen LogP contribution in [-0.2, 0) is 15.1 Å². The van der Waals surface area contributed by atoms with Crippen LogP contribution in [0.4, 0.5) is 8.78 Å². The molecular formula is C19H28F2O4. The number of aliphatic hydroxyl groups is 1. The van der Waals surface area contributed by atoms with Crippen molar-refractivity contribution in [2.75, 3.05) is 6.61 Å². The zero-order chi connectivity index (χ0) is 19.3. The molecule has 0 saturated carbocycles. The van der Waals surface area contributed by atoms with Gasteiger partial charge < -0.3 is 14.6 Å². The maximum absolute atomic E-state index is 13.6. The summed E-state index contributed by atoms with van der Waals surface area (Å²) in [6, 6.07) is 6.25. The summed E-state index contributed by atoms with van der Waals surface area (Å²) < 4.78 is 37.7. The van der Waals surface area contributed by atoms with Gasteiger partial charge >= 0.3 is 5.97 Å². The standard InChI is InChI=1S/C19H28F2O4/c1-6-12-19(23,15(16(20)21)17(22)24-7-2)13-8-10-14(11-9-13)25-18(3,4)5/h8-11,15-16,23H,6-7,12H2,1-5H3. The first-order valence-electron chi connectivity index (χ1n) is 8.52. The minimum atomic E-state index is -3.04. The minimum Gasteiger partial charge on any atom is -0.488 e. The van der Waals surface area contributed by atoms with Gasteiger partial charge in [-0.05, 0) is 51.8 Å². The van der Waals surface area contributed by atoms with Crippen molar-refractivity contribution < 1.29 is 28.2 Å². The van der Waals surface area contributed by atoms with Crippen molar-refractivity contribution in [1.29, 1.82) is 0 Å². The molecule has 2 atom stereocenters. The Kier molecular flexibility index (Phi) is 7.35. The van der Waals surface area contributed by atoms with Gasteiger partial charge in [0.15, 0.2) is 5.92 Å². The number of carbonyl (C=O) groups excluding carboxylic acids is 1. The lowest BCUT2D eigenvalue weighted by atomic mass is 9.78. The number of hydrogen-bond acceptors (Lipinski definition) is 4. The van der Waals surface area contributed by atoms with Crippen LogP contribution in [0.5, 0.6) is 5.75 Å². The van der Waals surface area contributed by atoms with Crippen LogP contribution in [0.25, 0.3) is 0 Å². The van der Waals surface area contributed by atoms with Crippen molar-refractivity contribution >= 4 is 5.97 Å². The zero-order valence-corrected chi connectivity index (χ0v) is 15.5. The van der Waals surface area contributed by atoms with E-state index >= 15 is 0 Å². The van der Waals surface area contributed by atoms with Crippen LogP contribution >= 0.6 is 0 Å². The summed E-state index contributed by atoms with van der Waals surface area (Å²) in [6.07, 6.45) is -2.60. The number of rotatable bonds is 8. The molecule has 25 heavy (non-hydrogen) atoms. The highest BCUT2D eigenvalue weighted by atomic mass is 19.3. The molecule has 1 aromatic rings. The summed E-state index contributed by atoms with van der Waals surface area (Å²) in [5.74, 6) is -2.48. The normalized spacial score (nSPS) is 15.6. The summed E-state index contributed by atoms with van der Waals surface area (Å²) in [7, 11) is 0. The van der Waals surface area contributed by atoms with E-state index in [-0.39, 0.29) is 18.6 Å². The highest BCUT2D eigenvalue weighted by Gasteiger charge is 2.48. The molecule has 0 fully saturated rings. The number of esters is 1. The number of carbonyl (C=O) groups is 1. The highest BCUT2D eigenvalue weighted by Crippen LogP contribution is 2.39. The first-order chi connectivity index (χ1) is 11.5. The molecule has 4 nitrogen and oxygen atoms in total. The zero-order valence-electron chi connectivity index (χ0n) is 15.5. The van der Waals surface area contributed by atoms with E-state index < -0.39 is 29.5 Å². The number of alkyl halides is 2. The van der Waals surface area contributed by atoms with E-state index in [0.717, 1.165) is 0 Å². The Bertz CT molecular complexity index is 552. The van der Waals surface area contributed by atoms with Gasteiger partial charge in [0.1, 0.15) is 17.0 Å². The van der Waals surface area contributed by atoms with Gasteiger partial charge in [0, 0.05) is 0 Å². The minimum absolute atomic E-state index is 0.0142. The molecule has 0 heterocycles. The van der Waals surface area contributed by atoms with Crippen molar-refractivity contribution in [3.63, 3.8) is 0 Å². The van der Waals surface area contributed by atoms with Gasteiger partial charge in [-0.3, -0.25) is 4.79 Å². The topological polar surface area (TPSA) is 55.8 Å². The maximum atomic E-state index is 13.6. The molecule has 0 spiro atoms. The molecule has 6 heteroatoms. The summed E-state index contributed by atoms with van der Waals surface area (Å²) in [4.78, 5) is 12.0. The quantitative estimate of drug-likeness (QED) is 0.704. The van der Waals surface area contributed by atoms with Gasteiger partial charge in [-0.15, -0.1) is 0 Å². The fourth-order valence-electron chi connectivity index (χ4n) is 2.76. The lowest BCUT2D eigenvalue weighted by molar-refractivity contribution is -0.173. The predicted molar refractivity (Wildman–Crippen MR) is 91.8 cm³/mol. The van der Waals surface area contributed by atoms with Crippen LogP contribution in [-0.4, -0.2) is 29.7 Å². The molecular weight excluding hydrogens is 330 g/mol. The monoisotopic (exact) mass is 358 g/mol. The fraction of sp³-hybridized carbons (Fsp3) is 0.632. The SMILES string of the molecule is CCCC(O)(c1ccc(OC(C)(C)C)cc1)C(C(=O)OCC)C(F)F. The Morgan fingerprint density at radius 1 is 1.16 bits per heavy atom. The van der Waals surface area contributed by atoms with Crippen LogP contribution in [0.1, 0.15) is 53.0 Å². The third-order valence-corrected chi connectivity index (χ3v) is 3.72. The van der Waals surface area contributed by atoms with Crippen molar-refractivity contribution in [3.05, 3.63) is 29.8 Å². The van der Waals surface area contributed by atoms with Crippen LogP contribution in [0, 0.1) is 5.92 Å². The van der Waals surface area contributed by atoms with Gasteiger partial charge in [-0.1, -0.05) is 25.5 Å². The molecule has 0 aliphatic rings. The molecule has 2 unspecified atom stereocenters. The molecule has 0 amide bonds. The summed E-state index contributed by atoms with van der Waals surface area (Å²) in [5, 5.41) is 11.0. The van der Waals surface area contributed by atoms with Crippen LogP contribution in [0.3, 0.4) is 0 Å². The van der Waals surface area contributed by atoms with Gasteiger partial charge in [-0.2, -0.15) is 0 Å². The second-order valence-electron chi connectivity index (χ2n) is 6.98. The van der Waals surface area contributed by atoms with E-state index in [1.54, 1.807) is 19.1 Å². The molecule has 1 N–H and O–H groups in total. The lowest BCUT2D eigenvalue weighted by Crippen LogP contribution is -2.45. The second kappa shape index (κ2) is 8.61. The molecule has 0 bridgehead atoms. The number of ether oxygens (including phenoxy) is 2. The molecule has 0 aliphatic carbocycles. The molecule has 0 radical (unpaired) electrons. The average Bonchev–Trinajstić information content (AvgIpc) is 2.46. The average molecular weight is 358 g/mol. The predicted octanol–water partition coefficient (Wildman–Crippen LogP) is 4.30. The molecule has 1 rings (SSSR count). The first-order valence-corrected chi connectivity index (χ1v) is 8.52. The second-order valence-corrected chi connectivity index (χ2v) is 6.98. The van der Waals surface area contributed by atoms with Gasteiger partial charge in [0.2, 0.25) is 0 Å². The van der Waals surface area contributed by atoms with Crippen molar-refractivity contribution in [3.8, 4) is 5.75 Å². The molecule has 0 aliphatic heterocycles. The number of halogens is 2. The Morgan fingerprint density at radius 2 is 1.72 bits per heavy atom. The van der Waals surface area contributed by atoms with Gasteiger partial charge in [0.05, 0.1) is 6.61 Å². The fourth-order valence-corrected chi connectivity index (χ4v) is 2.76. The summed E-state index contributed by atoms with van der Waals surface area (Å²) in [5.41, 5.74) is -2.17. The van der Waals surface area contributed by atoms with E-state index in [0.29, 0.717) is 12.2 Å². The molecule has 1 aromatic carbocycles. The van der Waals surface area contributed by atoms with E-state index in [4.69, 9.17) is 9.47 Å². The van der Waals surface area contributed by atoms with Gasteiger partial charge in [-0.25, -0.2) is 8.78 Å². The molecule has 142 valence electrons. The first kappa shape index (κ1) is 21.4. The Morgan fingerprint density at radius 3 is 2.12 bits per heavy atom. The highest BCUT2D eigenvalue weighted by molar-refractivity contribution is 5.75. The van der Waals surface area contributed by atoms with E-state index in [9.17, 15) is 18.7 Å². The lowest BCUT2D eigenvalue weighted by Gasteiger charge is -2.35. The van der Waals surface area contributed by atoms with Gasteiger partial charge in [0.25, 0.3) is 6.43 Å². The molecule has 0 saturated heterocycles. The largest absolute Gasteiger partial charge is 0.488 e. The Hall–Kier alpha value is -1.69. The molecule has 0 aromatic heterocycles. The Balaban J connectivity index is 3.24. The van der Waals surface area contributed by atoms with E-state index in [2.05, 4.69) is 0 Å². The number of hydrogen-bond donors (Lipinski definition) is 1. The Labute approximate surface area is 148 Å². The van der Waals surface area contributed by atoms with E-state index in [1.165, 1.54) is 19.1 Å². The van der Waals surface area contributed by atoms with E-state index in [1.807, 2.05) is 20.8 Å². The third-order valence-electron chi connectivity index (χ3n) is 3.72. The summed E-state index contributed by atoms with van der Waals surface area (Å²) in [6.45, 7) is 8.95. The summed E-state index contributed by atoms with van der Waals surface area (Å²) >= 11 is 0. The van der Waals surface area contributed by atoms with Crippen LogP contribution < -0.4 is 4.74 Å². The van der Waals surface area contributed by atoms with Crippen LogP contribution in [0.15, 0.2) is 24.3 Å². The van der Waals surface area contributed by atoms with Crippen molar-refractivity contribution in [2.45, 2.75) is 65.1 Å². The maximum Gasteiger partial charge on any atom is 0.318 e. The number of benzene rings is 1. The van der Waals surface area contributed by atoms with Crippen molar-refractivity contribution in [1.82, 2.24) is 0 Å². The third kappa shape index (κ3) is 5.66. The smallest absolute Gasteiger partial charge is 0.318 e.